The number of benzene rings is 6. The fourth-order valence-electron chi connectivity index (χ4n) is 8.08. The van der Waals surface area contributed by atoms with Crippen LogP contribution < -0.4 is 15.2 Å². The molecular weight excluding hydrogens is 917 g/mol. The number of aromatic nitrogens is 2. The van der Waals surface area contributed by atoms with Gasteiger partial charge in [-0.25, -0.2) is 0 Å². The van der Waals surface area contributed by atoms with Crippen molar-refractivity contribution in [3.05, 3.63) is 192 Å². The van der Waals surface area contributed by atoms with Gasteiger partial charge in [-0.3, -0.25) is 34.4 Å². The van der Waals surface area contributed by atoms with Crippen molar-refractivity contribution in [2.45, 2.75) is 91.3 Å². The molecule has 12 heteroatoms. The van der Waals surface area contributed by atoms with E-state index in [0.29, 0.717) is 31.6 Å². The van der Waals surface area contributed by atoms with Crippen molar-refractivity contribution < 1.29 is 39.0 Å². The summed E-state index contributed by atoms with van der Waals surface area (Å²) in [7, 11) is 0. The van der Waals surface area contributed by atoms with E-state index in [1.165, 1.54) is 12.8 Å². The van der Waals surface area contributed by atoms with Crippen molar-refractivity contribution in [3.63, 3.8) is 0 Å². The number of carboxylic acid groups (broad SMARTS) is 1. The van der Waals surface area contributed by atoms with E-state index >= 15 is 0 Å². The van der Waals surface area contributed by atoms with Gasteiger partial charge in [0.15, 0.2) is 0 Å². The van der Waals surface area contributed by atoms with Gasteiger partial charge in [0.25, 0.3) is 11.8 Å². The number of hydrogen-bond acceptors (Lipinski definition) is 10. The number of hydrogen-bond donors (Lipinski definition) is 3. The fourth-order valence-corrected chi connectivity index (χ4v) is 8.08. The molecule has 2 amide bonds. The minimum Gasteiger partial charge on any atom is -0.489 e. The number of nitrogens with two attached hydrogens (primary N) is 1. The maximum absolute atomic E-state index is 12.7. The standard InChI is InChI=1S/C29H29NO2.C24H19NO3.C4H5NO3.C4H11N/c1-2-3-5-14-25(31)18-24-20-30-28-17-9-8-16-27(28)29(24)23-13-10-15-26(19-23)32-21-22-11-6-4-7-12-22;26-23(27)14-19-15-25-22-12-5-4-11-21(22)24(19)18-9-6-10-20(13-18)28-16-17-7-2-1-3-8-17;6-3-1-2-4(7)5(3)8;1-2-3-4-5/h4,6-13,15-17,19-20H,2-3,5,14,18,21H2,1H3;1-13,15H,14,16H2,(H,26,27);8H,1-2H2;2-5H2,1H3. The van der Waals surface area contributed by atoms with E-state index in [4.69, 9.17) is 20.4 Å². The summed E-state index contributed by atoms with van der Waals surface area (Å²) < 4.78 is 12.0. The maximum atomic E-state index is 12.7. The zero-order valence-electron chi connectivity index (χ0n) is 41.6. The van der Waals surface area contributed by atoms with Crippen LogP contribution in [0.3, 0.4) is 0 Å². The second-order valence-corrected chi connectivity index (χ2v) is 17.4. The molecule has 2 aromatic heterocycles. The van der Waals surface area contributed by atoms with Gasteiger partial charge < -0.3 is 20.3 Å². The van der Waals surface area contributed by atoms with Crippen molar-refractivity contribution in [2.24, 2.45) is 5.73 Å². The van der Waals surface area contributed by atoms with Crippen LogP contribution in [0.25, 0.3) is 44.1 Å². The van der Waals surface area contributed by atoms with Crippen LogP contribution in [0, 0.1) is 0 Å². The highest BCUT2D eigenvalue weighted by molar-refractivity contribution is 6.01. The number of fused-ring (bicyclic) bond motifs is 2. The largest absolute Gasteiger partial charge is 0.489 e. The summed E-state index contributed by atoms with van der Waals surface area (Å²) in [5, 5.41) is 19.9. The molecule has 73 heavy (non-hydrogen) atoms. The molecule has 0 aliphatic carbocycles. The second kappa shape index (κ2) is 28.7. The molecule has 0 saturated carbocycles. The topological polar surface area (TPSA) is 182 Å². The molecule has 0 unspecified atom stereocenters. The Bertz CT molecular complexity index is 3040. The van der Waals surface area contributed by atoms with Crippen LogP contribution >= 0.6 is 0 Å². The number of aliphatic carboxylic acids is 1. The number of ketones is 1. The van der Waals surface area contributed by atoms with E-state index in [1.54, 1.807) is 6.20 Å². The molecule has 9 rings (SSSR count). The third kappa shape index (κ3) is 16.5. The Morgan fingerprint density at radius 1 is 0.575 bits per heavy atom. The summed E-state index contributed by atoms with van der Waals surface area (Å²) in [6, 6.07) is 51.9. The van der Waals surface area contributed by atoms with Gasteiger partial charge in [0.05, 0.1) is 17.5 Å². The summed E-state index contributed by atoms with van der Waals surface area (Å²) in [5.41, 5.74) is 14.7. The third-order valence-corrected chi connectivity index (χ3v) is 11.8. The van der Waals surface area contributed by atoms with Crippen LogP contribution in [0.15, 0.2) is 170 Å². The first-order chi connectivity index (χ1) is 35.6. The number of carboxylic acids is 1. The highest BCUT2D eigenvalue weighted by Gasteiger charge is 2.27. The molecule has 1 fully saturated rings. The molecule has 3 heterocycles. The summed E-state index contributed by atoms with van der Waals surface area (Å²) in [6.07, 6.45) is 10.3. The van der Waals surface area contributed by atoms with Crippen LogP contribution in [0.4, 0.5) is 0 Å². The average Bonchev–Trinajstić information content (AvgIpc) is 3.71. The normalized spacial score (nSPS) is 11.7. The lowest BCUT2D eigenvalue weighted by atomic mass is 9.93. The Hall–Kier alpha value is -8.06. The number of imide groups is 1. The number of rotatable bonds is 18. The number of carbonyl (C=O) groups is 4. The van der Waals surface area contributed by atoms with E-state index in [-0.39, 0.29) is 30.1 Å². The molecular formula is C61H64N4O8. The maximum Gasteiger partial charge on any atom is 0.307 e. The van der Waals surface area contributed by atoms with Gasteiger partial charge in [0.2, 0.25) is 0 Å². The van der Waals surface area contributed by atoms with E-state index in [2.05, 4.69) is 54.1 Å². The van der Waals surface area contributed by atoms with Crippen LogP contribution in [-0.4, -0.2) is 55.5 Å². The molecule has 0 bridgehead atoms. The number of unbranched alkanes of at least 4 members (excludes halogenated alkanes) is 3. The second-order valence-electron chi connectivity index (χ2n) is 17.4. The molecule has 376 valence electrons. The summed E-state index contributed by atoms with van der Waals surface area (Å²) in [6.45, 7) is 6.12. The molecule has 8 aromatic rings. The van der Waals surface area contributed by atoms with E-state index in [1.807, 2.05) is 134 Å². The van der Waals surface area contributed by atoms with Gasteiger partial charge in [0, 0.05) is 48.8 Å². The summed E-state index contributed by atoms with van der Waals surface area (Å²) in [5.74, 6) is -0.0657. The van der Waals surface area contributed by atoms with Crippen molar-refractivity contribution in [1.82, 2.24) is 15.0 Å². The van der Waals surface area contributed by atoms with Crippen LogP contribution in [0.2, 0.25) is 0 Å². The predicted molar refractivity (Wildman–Crippen MR) is 287 cm³/mol. The lowest BCUT2D eigenvalue weighted by molar-refractivity contribution is -0.171. The lowest BCUT2D eigenvalue weighted by Crippen LogP contribution is -2.24. The highest BCUT2D eigenvalue weighted by Crippen LogP contribution is 2.35. The van der Waals surface area contributed by atoms with Crippen LogP contribution in [0.1, 0.15) is 87.5 Å². The molecule has 4 N–H and O–H groups in total. The van der Waals surface area contributed by atoms with Gasteiger partial charge in [0.1, 0.15) is 30.5 Å². The minimum absolute atomic E-state index is 0.0811. The summed E-state index contributed by atoms with van der Waals surface area (Å²) in [4.78, 5) is 53.6. The van der Waals surface area contributed by atoms with Gasteiger partial charge in [-0.15, -0.1) is 0 Å². The van der Waals surface area contributed by atoms with Crippen molar-refractivity contribution in [3.8, 4) is 33.8 Å². The lowest BCUT2D eigenvalue weighted by Gasteiger charge is -2.14. The molecule has 0 radical (unpaired) electrons. The molecule has 0 atom stereocenters. The zero-order valence-corrected chi connectivity index (χ0v) is 41.6. The number of nitrogens with zero attached hydrogens (tertiary/aromatic N) is 3. The first kappa shape index (κ1) is 54.3. The Kier molecular flexibility index (Phi) is 21.3. The Labute approximate surface area is 427 Å². The SMILES string of the molecule is CCCCCC(=O)Cc1cnc2ccccc2c1-c1cccc(OCc2ccccc2)c1.CCCCN.O=C(O)Cc1cnc2ccccc2c1-c1cccc(OCc2ccccc2)c1.O=C1CCC(=O)N1O. The Balaban J connectivity index is 0.000000192. The average molecular weight is 981 g/mol. The Morgan fingerprint density at radius 2 is 1.03 bits per heavy atom. The van der Waals surface area contributed by atoms with E-state index in [0.717, 1.165) is 98.1 Å². The quantitative estimate of drug-likeness (QED) is 0.0423. The number of hydroxylamine groups is 2. The number of ether oxygens (including phenoxy) is 2. The molecule has 1 aliphatic heterocycles. The van der Waals surface area contributed by atoms with Crippen LogP contribution in [0.5, 0.6) is 11.5 Å². The van der Waals surface area contributed by atoms with Gasteiger partial charge in [-0.05, 0) is 100 Å². The molecule has 6 aromatic carbocycles. The third-order valence-electron chi connectivity index (χ3n) is 11.8. The fraction of sp³-hybridized carbons (Fsp3) is 0.246. The van der Waals surface area contributed by atoms with Gasteiger partial charge in [-0.2, -0.15) is 5.06 Å². The number of pyridine rings is 2. The Morgan fingerprint density at radius 3 is 1.44 bits per heavy atom. The van der Waals surface area contributed by atoms with E-state index in [9.17, 15) is 24.3 Å². The minimum atomic E-state index is -0.880. The van der Waals surface area contributed by atoms with Crippen molar-refractivity contribution in [2.75, 3.05) is 6.54 Å². The molecule has 12 nitrogen and oxygen atoms in total. The monoisotopic (exact) mass is 980 g/mol. The molecule has 0 spiro atoms. The number of para-hydroxylation sites is 2. The van der Waals surface area contributed by atoms with E-state index < -0.39 is 17.8 Å². The van der Waals surface area contributed by atoms with Crippen LogP contribution in [-0.2, 0) is 45.2 Å². The highest BCUT2D eigenvalue weighted by atomic mass is 16.5. The first-order valence-electron chi connectivity index (χ1n) is 24.8. The summed E-state index contributed by atoms with van der Waals surface area (Å²) >= 11 is 0. The number of amides is 2. The van der Waals surface area contributed by atoms with Crippen molar-refractivity contribution >= 4 is 45.4 Å². The smallest absolute Gasteiger partial charge is 0.307 e. The number of carbonyl (C=O) groups excluding carboxylic acids is 3. The first-order valence-corrected chi connectivity index (χ1v) is 24.8. The van der Waals surface area contributed by atoms with Crippen molar-refractivity contribution in [1.29, 1.82) is 0 Å². The predicted octanol–water partition coefficient (Wildman–Crippen LogP) is 12.6. The molecule has 1 aliphatic rings. The van der Waals surface area contributed by atoms with Gasteiger partial charge in [-0.1, -0.05) is 154 Å². The zero-order chi connectivity index (χ0) is 51.8. The number of Topliss-reactive ketones (excluding diaryl/α,β-unsaturated/α-hetero) is 1. The van der Waals surface area contributed by atoms with Gasteiger partial charge >= 0.3 is 5.97 Å². The molecule has 1 saturated heterocycles.